The van der Waals surface area contributed by atoms with E-state index >= 15 is 0 Å². The van der Waals surface area contributed by atoms with Crippen LogP contribution in [0.25, 0.3) is 33.6 Å². The standard InChI is InChI=1S/C46H36N2.Ir/c1-4-10-41(11-5-1)42-26-22-35(23-27-42)16-19-38-30-39(20-17-36-24-28-45(47-33-36)43-12-6-2-7-13-43)32-40(31-38)21-18-37-25-29-46(48-34-37)44-14-8-3-9-15-44;/h1-10,12,14,22-26,28-34H,16-21H2;/q-4;. The molecule has 7 rings (SSSR count). The number of hydrogen-bond donors (Lipinski definition) is 0. The Morgan fingerprint density at radius 2 is 0.776 bits per heavy atom. The first kappa shape index (κ1) is 33.9. The minimum absolute atomic E-state index is 0. The van der Waals surface area contributed by atoms with E-state index in [1.54, 1.807) is 0 Å². The molecule has 1 radical (unpaired) electrons. The molecule has 2 nitrogen and oxygen atoms in total. The molecule has 0 saturated heterocycles. The molecule has 3 heteroatoms. The fraction of sp³-hybridized carbons (Fsp3) is 0.130. The topological polar surface area (TPSA) is 25.8 Å². The number of benzene rings is 5. The van der Waals surface area contributed by atoms with Crippen LogP contribution >= 0.6 is 0 Å². The van der Waals surface area contributed by atoms with Crippen LogP contribution in [0.4, 0.5) is 0 Å². The maximum absolute atomic E-state index is 4.73. The molecule has 0 N–H and O–H groups in total. The summed E-state index contributed by atoms with van der Waals surface area (Å²) in [5.74, 6) is 0. The van der Waals surface area contributed by atoms with Crippen molar-refractivity contribution in [3.63, 3.8) is 0 Å². The molecule has 0 unspecified atom stereocenters. The van der Waals surface area contributed by atoms with Crippen LogP contribution in [0.1, 0.15) is 33.4 Å². The molecule has 0 saturated carbocycles. The Labute approximate surface area is 304 Å². The minimum Gasteiger partial charge on any atom is -0.304 e. The average molecular weight is 809 g/mol. The molecule has 0 aliphatic carbocycles. The SMILES string of the molecule is [Ir].[c-]1ccccc1-c1[c-]cc(CCc2cc(CCc3ccc(-c4[c-]cccc4)nc3)cc(CCc3ccc(-c4[c-]cccc4)nc3)c2)cc1. The number of rotatable bonds is 12. The van der Waals surface area contributed by atoms with Crippen LogP contribution in [-0.4, -0.2) is 9.97 Å². The quantitative estimate of drug-likeness (QED) is 0.115. The van der Waals surface area contributed by atoms with Gasteiger partial charge in [-0.05, 0) is 71.3 Å². The Balaban J connectivity index is 0.00000417. The number of pyridine rings is 2. The fourth-order valence-corrected chi connectivity index (χ4v) is 6.05. The molecule has 0 amide bonds. The second-order valence-corrected chi connectivity index (χ2v) is 12.2. The van der Waals surface area contributed by atoms with Gasteiger partial charge in [-0.2, -0.15) is 48.5 Å². The minimum atomic E-state index is 0. The molecule has 0 atom stereocenters. The molecular weight excluding hydrogens is 773 g/mol. The van der Waals surface area contributed by atoms with Crippen LogP contribution in [0.5, 0.6) is 0 Å². The summed E-state index contributed by atoms with van der Waals surface area (Å²) in [6.07, 6.45) is 9.82. The van der Waals surface area contributed by atoms with Crippen molar-refractivity contribution in [2.45, 2.75) is 38.5 Å². The van der Waals surface area contributed by atoms with Gasteiger partial charge < -0.3 is 9.97 Å². The van der Waals surface area contributed by atoms with Gasteiger partial charge in [-0.3, -0.25) is 0 Å². The van der Waals surface area contributed by atoms with Crippen LogP contribution in [-0.2, 0) is 58.6 Å². The molecule has 0 aliphatic heterocycles. The van der Waals surface area contributed by atoms with Gasteiger partial charge in [-0.1, -0.05) is 48.9 Å². The molecular formula is C46H36IrN2-4. The van der Waals surface area contributed by atoms with Crippen molar-refractivity contribution in [3.05, 3.63) is 203 Å². The summed E-state index contributed by atoms with van der Waals surface area (Å²) in [6, 6.07) is 59.7. The summed E-state index contributed by atoms with van der Waals surface area (Å²) >= 11 is 0. The van der Waals surface area contributed by atoms with Gasteiger partial charge >= 0.3 is 0 Å². The van der Waals surface area contributed by atoms with Gasteiger partial charge in [0.2, 0.25) is 0 Å². The van der Waals surface area contributed by atoms with Crippen LogP contribution in [0.2, 0.25) is 0 Å². The molecule has 49 heavy (non-hydrogen) atoms. The number of aryl methyl sites for hydroxylation is 6. The van der Waals surface area contributed by atoms with Gasteiger partial charge in [0.15, 0.2) is 0 Å². The van der Waals surface area contributed by atoms with Crippen molar-refractivity contribution in [3.8, 4) is 33.6 Å². The Morgan fingerprint density at radius 1 is 0.367 bits per heavy atom. The Kier molecular flexibility index (Phi) is 11.7. The zero-order chi connectivity index (χ0) is 32.4. The molecule has 7 aromatic rings. The molecule has 2 aromatic heterocycles. The maximum Gasteiger partial charge on any atom is 0.0192 e. The Morgan fingerprint density at radius 3 is 1.16 bits per heavy atom. The van der Waals surface area contributed by atoms with E-state index in [2.05, 4.69) is 103 Å². The molecule has 5 aromatic carbocycles. The second kappa shape index (κ2) is 16.9. The summed E-state index contributed by atoms with van der Waals surface area (Å²) in [6.45, 7) is 0. The van der Waals surface area contributed by atoms with Gasteiger partial charge in [-0.15, -0.1) is 83.4 Å². The van der Waals surface area contributed by atoms with Gasteiger partial charge in [-0.25, -0.2) is 11.1 Å². The summed E-state index contributed by atoms with van der Waals surface area (Å²) in [5, 5.41) is 0. The van der Waals surface area contributed by atoms with Crippen LogP contribution < -0.4 is 0 Å². The van der Waals surface area contributed by atoms with Crippen LogP contribution in [0.3, 0.4) is 0 Å². The molecule has 243 valence electrons. The molecule has 0 aliphatic rings. The number of nitrogens with zero attached hydrogens (tertiary/aromatic N) is 2. The zero-order valence-electron chi connectivity index (χ0n) is 27.3. The van der Waals surface area contributed by atoms with Crippen LogP contribution in [0, 0.1) is 24.3 Å². The van der Waals surface area contributed by atoms with Crippen molar-refractivity contribution >= 4 is 0 Å². The van der Waals surface area contributed by atoms with E-state index in [0.29, 0.717) is 0 Å². The third-order valence-corrected chi connectivity index (χ3v) is 8.72. The van der Waals surface area contributed by atoms with Crippen molar-refractivity contribution < 1.29 is 20.1 Å². The summed E-state index contributed by atoms with van der Waals surface area (Å²) < 4.78 is 0. The average Bonchev–Trinajstić information content (AvgIpc) is 3.17. The summed E-state index contributed by atoms with van der Waals surface area (Å²) in [5.41, 5.74) is 14.0. The first-order valence-corrected chi connectivity index (χ1v) is 16.7. The summed E-state index contributed by atoms with van der Waals surface area (Å²) in [7, 11) is 0. The van der Waals surface area contributed by atoms with Gasteiger partial charge in [0.1, 0.15) is 0 Å². The molecule has 0 fully saturated rings. The van der Waals surface area contributed by atoms with Crippen molar-refractivity contribution in [2.75, 3.05) is 0 Å². The number of aromatic nitrogens is 2. The molecule has 0 bridgehead atoms. The predicted molar refractivity (Wildman–Crippen MR) is 195 cm³/mol. The Hall–Kier alpha value is -4.95. The van der Waals surface area contributed by atoms with Gasteiger partial charge in [0.05, 0.1) is 0 Å². The van der Waals surface area contributed by atoms with Crippen molar-refractivity contribution in [1.82, 2.24) is 9.97 Å². The van der Waals surface area contributed by atoms with Crippen molar-refractivity contribution in [1.29, 1.82) is 0 Å². The van der Waals surface area contributed by atoms with E-state index < -0.39 is 0 Å². The third-order valence-electron chi connectivity index (χ3n) is 8.72. The first-order chi connectivity index (χ1) is 23.7. The monoisotopic (exact) mass is 809 g/mol. The van der Waals surface area contributed by atoms with E-state index in [4.69, 9.17) is 9.97 Å². The van der Waals surface area contributed by atoms with E-state index in [1.165, 1.54) is 33.4 Å². The Bertz CT molecular complexity index is 1770. The fourth-order valence-electron chi connectivity index (χ4n) is 6.05. The first-order valence-electron chi connectivity index (χ1n) is 16.7. The molecule has 0 spiro atoms. The number of hydrogen-bond acceptors (Lipinski definition) is 2. The second-order valence-electron chi connectivity index (χ2n) is 12.2. The largest absolute Gasteiger partial charge is 0.304 e. The predicted octanol–water partition coefficient (Wildman–Crippen LogP) is 10.0. The van der Waals surface area contributed by atoms with E-state index in [0.717, 1.165) is 72.2 Å². The maximum atomic E-state index is 4.73. The zero-order valence-corrected chi connectivity index (χ0v) is 29.7. The van der Waals surface area contributed by atoms with E-state index in [1.807, 2.05) is 67.0 Å². The van der Waals surface area contributed by atoms with Crippen molar-refractivity contribution in [2.24, 2.45) is 0 Å². The molecule has 2 heterocycles. The normalized spacial score (nSPS) is 10.8. The van der Waals surface area contributed by atoms with Crippen LogP contribution in [0.15, 0.2) is 146 Å². The van der Waals surface area contributed by atoms with E-state index in [9.17, 15) is 0 Å². The van der Waals surface area contributed by atoms with E-state index in [-0.39, 0.29) is 20.1 Å². The van der Waals surface area contributed by atoms with Gasteiger partial charge in [0, 0.05) is 32.5 Å². The summed E-state index contributed by atoms with van der Waals surface area (Å²) in [4.78, 5) is 9.46. The third kappa shape index (κ3) is 9.36. The smallest absolute Gasteiger partial charge is 0.0192 e. The van der Waals surface area contributed by atoms with Gasteiger partial charge in [0.25, 0.3) is 0 Å².